The van der Waals surface area contributed by atoms with Gasteiger partial charge < -0.3 is 9.84 Å². The van der Waals surface area contributed by atoms with Crippen LogP contribution >= 0.6 is 0 Å². The monoisotopic (exact) mass is 286 g/mol. The molecule has 2 heterocycles. The summed E-state index contributed by atoms with van der Waals surface area (Å²) in [5.41, 5.74) is 5.59. The van der Waals surface area contributed by atoms with Crippen LogP contribution in [0.25, 0.3) is 11.1 Å². The Balaban J connectivity index is 1.89. The second kappa shape index (κ2) is 6.00. The van der Waals surface area contributed by atoms with Gasteiger partial charge in [-0.05, 0) is 48.9 Å². The minimum absolute atomic E-state index is 0.0965. The van der Waals surface area contributed by atoms with Crippen LogP contribution in [0, 0.1) is 13.8 Å². The number of nitrogens with zero attached hydrogens (tertiary/aromatic N) is 2. The summed E-state index contributed by atoms with van der Waals surface area (Å²) >= 11 is 0. The predicted molar refractivity (Wildman–Crippen MR) is 82.1 cm³/mol. The van der Waals surface area contributed by atoms with Crippen molar-refractivity contribution in [2.75, 3.05) is 13.2 Å². The lowest BCUT2D eigenvalue weighted by Gasteiger charge is -2.22. The Morgan fingerprint density at radius 3 is 2.48 bits per heavy atom. The molecule has 0 saturated carbocycles. The van der Waals surface area contributed by atoms with E-state index in [1.54, 1.807) is 0 Å². The fourth-order valence-corrected chi connectivity index (χ4v) is 3.05. The lowest BCUT2D eigenvalue weighted by molar-refractivity contribution is 0.0662. The molecule has 2 aromatic rings. The molecule has 4 heteroatoms. The van der Waals surface area contributed by atoms with Gasteiger partial charge in [0.2, 0.25) is 0 Å². The highest BCUT2D eigenvalue weighted by molar-refractivity contribution is 5.65. The fourth-order valence-electron chi connectivity index (χ4n) is 3.05. The SMILES string of the molecule is Cc1cc(-c2cnn(C3CCOCC3)c2)cc(C)c1CO. The Kier molecular flexibility index (Phi) is 4.08. The van der Waals surface area contributed by atoms with E-state index < -0.39 is 0 Å². The number of rotatable bonds is 3. The highest BCUT2D eigenvalue weighted by Gasteiger charge is 2.17. The van der Waals surface area contributed by atoms with Crippen molar-refractivity contribution < 1.29 is 9.84 Å². The highest BCUT2D eigenvalue weighted by Crippen LogP contribution is 2.27. The van der Waals surface area contributed by atoms with Crippen LogP contribution in [-0.4, -0.2) is 28.1 Å². The van der Waals surface area contributed by atoms with Crippen LogP contribution < -0.4 is 0 Å². The molecule has 0 spiro atoms. The van der Waals surface area contributed by atoms with Crippen LogP contribution in [0.15, 0.2) is 24.5 Å². The smallest absolute Gasteiger partial charge is 0.0686 e. The third kappa shape index (κ3) is 2.87. The third-order valence-corrected chi connectivity index (χ3v) is 4.35. The summed E-state index contributed by atoms with van der Waals surface area (Å²) < 4.78 is 7.48. The molecule has 21 heavy (non-hydrogen) atoms. The van der Waals surface area contributed by atoms with E-state index >= 15 is 0 Å². The van der Waals surface area contributed by atoms with Gasteiger partial charge in [0.15, 0.2) is 0 Å². The van der Waals surface area contributed by atoms with Crippen LogP contribution in [0.5, 0.6) is 0 Å². The van der Waals surface area contributed by atoms with Crippen molar-refractivity contribution in [2.24, 2.45) is 0 Å². The third-order valence-electron chi connectivity index (χ3n) is 4.35. The molecular formula is C17H22N2O2. The lowest BCUT2D eigenvalue weighted by atomic mass is 9.97. The van der Waals surface area contributed by atoms with Gasteiger partial charge in [-0.25, -0.2) is 0 Å². The molecule has 1 saturated heterocycles. The zero-order valence-corrected chi connectivity index (χ0v) is 12.7. The van der Waals surface area contributed by atoms with Crippen LogP contribution in [0.3, 0.4) is 0 Å². The summed E-state index contributed by atoms with van der Waals surface area (Å²) in [6.45, 7) is 5.84. The van der Waals surface area contributed by atoms with Crippen molar-refractivity contribution in [1.29, 1.82) is 0 Å². The van der Waals surface area contributed by atoms with E-state index in [1.807, 2.05) is 20.0 Å². The molecule has 0 radical (unpaired) electrons. The van der Waals surface area contributed by atoms with Gasteiger partial charge in [0.25, 0.3) is 0 Å². The van der Waals surface area contributed by atoms with E-state index in [-0.39, 0.29) is 6.61 Å². The second-order valence-corrected chi connectivity index (χ2v) is 5.80. The molecule has 1 aromatic heterocycles. The second-order valence-electron chi connectivity index (χ2n) is 5.80. The molecule has 0 amide bonds. The normalized spacial score (nSPS) is 16.3. The number of hydrogen-bond donors (Lipinski definition) is 1. The maximum atomic E-state index is 9.41. The quantitative estimate of drug-likeness (QED) is 0.943. The molecule has 1 aliphatic heterocycles. The summed E-state index contributed by atoms with van der Waals surface area (Å²) in [5.74, 6) is 0. The van der Waals surface area contributed by atoms with E-state index in [4.69, 9.17) is 4.74 Å². The molecule has 0 bridgehead atoms. The number of aryl methyl sites for hydroxylation is 2. The zero-order chi connectivity index (χ0) is 14.8. The van der Waals surface area contributed by atoms with Crippen LogP contribution in [0.4, 0.5) is 0 Å². The van der Waals surface area contributed by atoms with E-state index in [9.17, 15) is 5.11 Å². The number of hydrogen-bond acceptors (Lipinski definition) is 3. The molecule has 112 valence electrons. The maximum Gasteiger partial charge on any atom is 0.0686 e. The van der Waals surface area contributed by atoms with Gasteiger partial charge >= 0.3 is 0 Å². The van der Waals surface area contributed by atoms with Gasteiger partial charge in [-0.1, -0.05) is 12.1 Å². The number of benzene rings is 1. The molecule has 0 unspecified atom stereocenters. The Labute approximate surface area is 125 Å². The van der Waals surface area contributed by atoms with Crippen molar-refractivity contribution in [3.63, 3.8) is 0 Å². The van der Waals surface area contributed by atoms with Crippen molar-refractivity contribution >= 4 is 0 Å². The van der Waals surface area contributed by atoms with Crippen molar-refractivity contribution in [2.45, 2.75) is 39.3 Å². The highest BCUT2D eigenvalue weighted by atomic mass is 16.5. The minimum atomic E-state index is 0.0965. The Morgan fingerprint density at radius 1 is 1.19 bits per heavy atom. The maximum absolute atomic E-state index is 9.41. The minimum Gasteiger partial charge on any atom is -0.392 e. The van der Waals surface area contributed by atoms with E-state index in [2.05, 4.69) is 28.1 Å². The molecule has 1 N–H and O–H groups in total. The first kappa shape index (κ1) is 14.3. The first-order chi connectivity index (χ1) is 10.2. The summed E-state index contributed by atoms with van der Waals surface area (Å²) in [7, 11) is 0. The van der Waals surface area contributed by atoms with Crippen molar-refractivity contribution in [1.82, 2.24) is 9.78 Å². The molecular weight excluding hydrogens is 264 g/mol. The Hall–Kier alpha value is -1.65. The van der Waals surface area contributed by atoms with Gasteiger partial charge in [0, 0.05) is 25.0 Å². The van der Waals surface area contributed by atoms with Gasteiger partial charge in [0.05, 0.1) is 18.8 Å². The summed E-state index contributed by atoms with van der Waals surface area (Å²) in [6.07, 6.45) is 6.12. The molecule has 0 atom stereocenters. The first-order valence-corrected chi connectivity index (χ1v) is 7.52. The molecule has 1 aromatic carbocycles. The van der Waals surface area contributed by atoms with Crippen molar-refractivity contribution in [3.05, 3.63) is 41.2 Å². The predicted octanol–water partition coefficient (Wildman–Crippen LogP) is 3.01. The van der Waals surface area contributed by atoms with Crippen molar-refractivity contribution in [3.8, 4) is 11.1 Å². The average molecular weight is 286 g/mol. The summed E-state index contributed by atoms with van der Waals surface area (Å²) in [5, 5.41) is 13.9. The fraction of sp³-hybridized carbons (Fsp3) is 0.471. The van der Waals surface area contributed by atoms with E-state index in [0.717, 1.165) is 48.3 Å². The molecule has 4 nitrogen and oxygen atoms in total. The van der Waals surface area contributed by atoms with Crippen LogP contribution in [-0.2, 0) is 11.3 Å². The topological polar surface area (TPSA) is 47.3 Å². The molecule has 1 fully saturated rings. The number of ether oxygens (including phenoxy) is 1. The lowest BCUT2D eigenvalue weighted by Crippen LogP contribution is -2.19. The summed E-state index contributed by atoms with van der Waals surface area (Å²) in [4.78, 5) is 0. The number of aromatic nitrogens is 2. The van der Waals surface area contributed by atoms with Crippen LogP contribution in [0.1, 0.15) is 35.6 Å². The molecule has 3 rings (SSSR count). The number of aliphatic hydroxyl groups is 1. The van der Waals surface area contributed by atoms with Gasteiger partial charge in [-0.15, -0.1) is 0 Å². The Morgan fingerprint density at radius 2 is 1.86 bits per heavy atom. The molecule has 1 aliphatic rings. The van der Waals surface area contributed by atoms with Gasteiger partial charge in [0.1, 0.15) is 0 Å². The largest absolute Gasteiger partial charge is 0.392 e. The van der Waals surface area contributed by atoms with Crippen LogP contribution in [0.2, 0.25) is 0 Å². The van der Waals surface area contributed by atoms with E-state index in [1.165, 1.54) is 5.56 Å². The van der Waals surface area contributed by atoms with E-state index in [0.29, 0.717) is 6.04 Å². The first-order valence-electron chi connectivity index (χ1n) is 7.52. The van der Waals surface area contributed by atoms with Gasteiger partial charge in [-0.2, -0.15) is 5.10 Å². The average Bonchev–Trinajstić information content (AvgIpc) is 2.97. The summed E-state index contributed by atoms with van der Waals surface area (Å²) in [6, 6.07) is 4.71. The number of aliphatic hydroxyl groups excluding tert-OH is 1. The Bertz CT molecular complexity index is 604. The zero-order valence-electron chi connectivity index (χ0n) is 12.7. The molecule has 0 aliphatic carbocycles. The van der Waals surface area contributed by atoms with Gasteiger partial charge in [-0.3, -0.25) is 4.68 Å². The standard InChI is InChI=1S/C17H22N2O2/c1-12-7-14(8-13(2)17(12)11-20)15-9-18-19(10-15)16-3-5-21-6-4-16/h7-10,16,20H,3-6,11H2,1-2H3.